The number of hydrogen-bond acceptors (Lipinski definition) is 7. The number of carbonyl (C=O) groups excluding carboxylic acids is 5. The molecule has 0 atom stereocenters. The molecular weight excluding hydrogens is 441 g/mol. The SMILES string of the molecule is [B]NC(=O)CCOCC(CCC(=O)N[B])(COCCC(=O)N[B])NC(=O)CCC(=O)C(C)(C)C. The Balaban J connectivity index is 5.42. The summed E-state index contributed by atoms with van der Waals surface area (Å²) in [6.07, 6.45) is -0.100. The molecule has 184 valence electrons. The molecule has 0 aliphatic carbocycles. The van der Waals surface area contributed by atoms with E-state index in [-0.39, 0.29) is 70.7 Å². The van der Waals surface area contributed by atoms with Crippen molar-refractivity contribution in [3.05, 3.63) is 0 Å². The topological polar surface area (TPSA) is 152 Å². The summed E-state index contributed by atoms with van der Waals surface area (Å²) in [5.41, 5.74) is -1.79. The number of ether oxygens (including phenoxy) is 2. The third kappa shape index (κ3) is 14.0. The summed E-state index contributed by atoms with van der Waals surface area (Å²) in [5.74, 6) is -1.89. The van der Waals surface area contributed by atoms with Crippen LogP contribution in [-0.2, 0) is 33.4 Å². The summed E-state index contributed by atoms with van der Waals surface area (Å²) in [6, 6.07) is 0. The molecule has 4 N–H and O–H groups in total. The van der Waals surface area contributed by atoms with Crippen LogP contribution in [0.25, 0.3) is 0 Å². The van der Waals surface area contributed by atoms with E-state index in [2.05, 4.69) is 5.32 Å². The van der Waals surface area contributed by atoms with Gasteiger partial charge in [-0.25, -0.2) is 0 Å². The summed E-state index contributed by atoms with van der Waals surface area (Å²) >= 11 is 0. The first kappa shape index (κ1) is 31.7. The minimum atomic E-state index is -1.20. The van der Waals surface area contributed by atoms with Crippen LogP contribution in [0.2, 0.25) is 0 Å². The first-order valence-electron chi connectivity index (χ1n) is 10.9. The highest BCUT2D eigenvalue weighted by Crippen LogP contribution is 2.19. The Labute approximate surface area is 204 Å². The smallest absolute Gasteiger partial charge is 0.226 e. The van der Waals surface area contributed by atoms with E-state index in [0.717, 1.165) is 0 Å². The fourth-order valence-electron chi connectivity index (χ4n) is 2.72. The maximum Gasteiger partial charge on any atom is 0.226 e. The highest BCUT2D eigenvalue weighted by molar-refractivity contribution is 6.14. The van der Waals surface area contributed by atoms with Crippen molar-refractivity contribution < 1.29 is 33.4 Å². The lowest BCUT2D eigenvalue weighted by Crippen LogP contribution is -2.56. The van der Waals surface area contributed by atoms with Crippen molar-refractivity contribution in [3.8, 4) is 0 Å². The van der Waals surface area contributed by atoms with Crippen LogP contribution in [-0.4, -0.2) is 85.3 Å². The highest BCUT2D eigenvalue weighted by Gasteiger charge is 2.34. The predicted octanol–water partition coefficient (Wildman–Crippen LogP) is -1.57. The molecule has 0 aromatic carbocycles. The minimum Gasteiger partial charge on any atom is -0.409 e. The Morgan fingerprint density at radius 3 is 1.50 bits per heavy atom. The van der Waals surface area contributed by atoms with Crippen LogP contribution in [0.4, 0.5) is 0 Å². The van der Waals surface area contributed by atoms with Gasteiger partial charge < -0.3 is 30.5 Å². The average Bonchev–Trinajstić information content (AvgIpc) is 2.80. The standard InChI is InChI=1S/C20H33B3N4O7/c1-19(2,3)14(28)4-5-15(29)24-20(9-6-16(30)25-21,12-33-10-7-17(31)26-22)13-34-11-8-18(32)27-23/h4-13H2,1-3H3,(H,24,29)(H,25,30)(H,26,31)(H,27,32). The Kier molecular flexibility index (Phi) is 15.2. The molecule has 14 heteroatoms. The maximum absolute atomic E-state index is 12.7. The Morgan fingerprint density at radius 1 is 0.647 bits per heavy atom. The summed E-state index contributed by atoms with van der Waals surface area (Å²) in [7, 11) is 15.3. The van der Waals surface area contributed by atoms with Crippen LogP contribution in [0.15, 0.2) is 0 Å². The van der Waals surface area contributed by atoms with Crippen molar-refractivity contribution in [2.75, 3.05) is 26.4 Å². The number of carbonyl (C=O) groups is 5. The maximum atomic E-state index is 12.7. The number of amides is 4. The fourth-order valence-corrected chi connectivity index (χ4v) is 2.72. The minimum absolute atomic E-state index is 0.0121. The first-order chi connectivity index (χ1) is 15.9. The molecule has 34 heavy (non-hydrogen) atoms. The van der Waals surface area contributed by atoms with Gasteiger partial charge in [0.15, 0.2) is 0 Å². The van der Waals surface area contributed by atoms with Gasteiger partial charge in [0.05, 0.1) is 32.0 Å². The summed E-state index contributed by atoms with van der Waals surface area (Å²) in [5, 5.41) is 8.78. The number of ketones is 1. The van der Waals surface area contributed by atoms with Crippen LogP contribution in [0.1, 0.15) is 59.3 Å². The van der Waals surface area contributed by atoms with Crippen LogP contribution >= 0.6 is 0 Å². The summed E-state index contributed by atoms with van der Waals surface area (Å²) in [6.45, 7) is 5.03. The van der Waals surface area contributed by atoms with Crippen LogP contribution < -0.4 is 21.0 Å². The van der Waals surface area contributed by atoms with Gasteiger partial charge >= 0.3 is 0 Å². The van der Waals surface area contributed by atoms with Gasteiger partial charge in [-0.3, -0.25) is 24.0 Å². The zero-order valence-corrected chi connectivity index (χ0v) is 20.2. The zero-order chi connectivity index (χ0) is 26.2. The van der Waals surface area contributed by atoms with Crippen molar-refractivity contribution in [2.24, 2.45) is 5.41 Å². The molecular formula is C20H33B3N4O7. The molecule has 0 heterocycles. The number of hydrogen-bond donors (Lipinski definition) is 4. The van der Waals surface area contributed by atoms with E-state index in [9.17, 15) is 24.0 Å². The van der Waals surface area contributed by atoms with E-state index in [1.54, 1.807) is 20.8 Å². The van der Waals surface area contributed by atoms with Gasteiger partial charge in [0.1, 0.15) is 5.78 Å². The quantitative estimate of drug-likeness (QED) is 0.147. The van der Waals surface area contributed by atoms with Crippen molar-refractivity contribution >= 4 is 53.4 Å². The second kappa shape index (κ2) is 16.3. The highest BCUT2D eigenvalue weighted by atomic mass is 16.5. The van der Waals surface area contributed by atoms with Crippen molar-refractivity contribution in [2.45, 2.75) is 64.8 Å². The third-order valence-electron chi connectivity index (χ3n) is 4.84. The monoisotopic (exact) mass is 474 g/mol. The second-order valence-electron chi connectivity index (χ2n) is 8.81. The van der Waals surface area contributed by atoms with E-state index in [1.165, 1.54) is 0 Å². The lowest BCUT2D eigenvalue weighted by molar-refractivity contribution is -0.132. The molecule has 6 radical (unpaired) electrons. The molecule has 0 spiro atoms. The number of nitrogens with one attached hydrogen (secondary N) is 4. The lowest BCUT2D eigenvalue weighted by atomic mass is 9.88. The van der Waals surface area contributed by atoms with Crippen molar-refractivity contribution in [1.29, 1.82) is 0 Å². The third-order valence-corrected chi connectivity index (χ3v) is 4.84. The molecule has 0 aromatic rings. The van der Waals surface area contributed by atoms with E-state index in [0.29, 0.717) is 0 Å². The van der Waals surface area contributed by atoms with Gasteiger partial charge in [-0.05, 0) is 6.42 Å². The van der Waals surface area contributed by atoms with E-state index in [1.807, 2.05) is 15.7 Å². The van der Waals surface area contributed by atoms with Crippen LogP contribution in [0.3, 0.4) is 0 Å². The van der Waals surface area contributed by atoms with Gasteiger partial charge in [0.2, 0.25) is 47.6 Å². The molecule has 0 unspecified atom stereocenters. The Morgan fingerprint density at radius 2 is 1.09 bits per heavy atom. The zero-order valence-electron chi connectivity index (χ0n) is 20.2. The molecule has 11 nitrogen and oxygen atoms in total. The van der Waals surface area contributed by atoms with E-state index >= 15 is 0 Å². The molecule has 0 fully saturated rings. The Bertz CT molecular complexity index is 678. The van der Waals surface area contributed by atoms with Gasteiger partial charge in [0, 0.05) is 37.5 Å². The van der Waals surface area contributed by atoms with E-state index < -0.39 is 34.6 Å². The molecule has 0 saturated heterocycles. The molecule has 0 rings (SSSR count). The lowest BCUT2D eigenvalue weighted by Gasteiger charge is -2.34. The van der Waals surface area contributed by atoms with E-state index in [4.69, 9.17) is 33.4 Å². The largest absolute Gasteiger partial charge is 0.409 e. The molecule has 0 aromatic heterocycles. The van der Waals surface area contributed by atoms with Gasteiger partial charge in [-0.1, -0.05) is 20.8 Å². The van der Waals surface area contributed by atoms with Crippen LogP contribution in [0.5, 0.6) is 0 Å². The average molecular weight is 474 g/mol. The van der Waals surface area contributed by atoms with Crippen LogP contribution in [0, 0.1) is 5.41 Å². The molecule has 0 saturated carbocycles. The fraction of sp³-hybridized carbons (Fsp3) is 0.750. The number of rotatable bonds is 17. The molecule has 0 aliphatic rings. The molecule has 0 bridgehead atoms. The molecule has 4 amide bonds. The Hall–Kier alpha value is -2.34. The van der Waals surface area contributed by atoms with Crippen molar-refractivity contribution in [1.82, 2.24) is 21.0 Å². The number of Topliss-reactive ketones (excluding diaryl/α,β-unsaturated/α-hetero) is 1. The first-order valence-corrected chi connectivity index (χ1v) is 10.9. The second-order valence-corrected chi connectivity index (χ2v) is 8.81. The van der Waals surface area contributed by atoms with Gasteiger partial charge in [-0.15, -0.1) is 0 Å². The summed E-state index contributed by atoms with van der Waals surface area (Å²) < 4.78 is 11.2. The normalized spacial score (nSPS) is 11.4. The van der Waals surface area contributed by atoms with Gasteiger partial charge in [-0.2, -0.15) is 0 Å². The van der Waals surface area contributed by atoms with Gasteiger partial charge in [0.25, 0.3) is 0 Å². The van der Waals surface area contributed by atoms with Crippen molar-refractivity contribution in [3.63, 3.8) is 0 Å². The summed E-state index contributed by atoms with van der Waals surface area (Å²) in [4.78, 5) is 59.4. The molecule has 0 aliphatic heterocycles. The predicted molar refractivity (Wildman–Crippen MR) is 126 cm³/mol.